The number of aromatic nitrogens is 2. The SMILES string of the molecule is CN1CCC(Cn2cnc3cccc(C(=O)O)c32)CC1. The van der Waals surface area contributed by atoms with Crippen molar-refractivity contribution in [2.24, 2.45) is 5.92 Å². The molecule has 0 saturated carbocycles. The zero-order valence-electron chi connectivity index (χ0n) is 11.6. The van der Waals surface area contributed by atoms with Gasteiger partial charge in [-0.3, -0.25) is 0 Å². The molecule has 0 amide bonds. The number of para-hydroxylation sites is 1. The second-order valence-electron chi connectivity index (χ2n) is 5.62. The molecule has 1 saturated heterocycles. The van der Waals surface area contributed by atoms with E-state index in [0.717, 1.165) is 43.5 Å². The molecular formula is C15H19N3O2. The predicted molar refractivity (Wildman–Crippen MR) is 76.9 cm³/mol. The van der Waals surface area contributed by atoms with Crippen molar-refractivity contribution in [2.45, 2.75) is 19.4 Å². The Morgan fingerprint density at radius 3 is 2.85 bits per heavy atom. The predicted octanol–water partition coefficient (Wildman–Crippen LogP) is 2.08. The number of hydrogen-bond donors (Lipinski definition) is 1. The van der Waals surface area contributed by atoms with E-state index in [4.69, 9.17) is 0 Å². The van der Waals surface area contributed by atoms with Crippen LogP contribution in [0.4, 0.5) is 0 Å². The van der Waals surface area contributed by atoms with Crippen molar-refractivity contribution in [3.05, 3.63) is 30.1 Å². The van der Waals surface area contributed by atoms with E-state index >= 15 is 0 Å². The second kappa shape index (κ2) is 5.25. The molecule has 3 rings (SSSR count). The van der Waals surface area contributed by atoms with Crippen LogP contribution in [0.15, 0.2) is 24.5 Å². The summed E-state index contributed by atoms with van der Waals surface area (Å²) in [6.07, 6.45) is 4.09. The van der Waals surface area contributed by atoms with Gasteiger partial charge in [0.25, 0.3) is 0 Å². The van der Waals surface area contributed by atoms with E-state index in [9.17, 15) is 9.90 Å². The molecule has 2 aromatic rings. The molecule has 0 aliphatic carbocycles. The van der Waals surface area contributed by atoms with Crippen LogP contribution in [0.25, 0.3) is 11.0 Å². The van der Waals surface area contributed by atoms with Crippen LogP contribution in [0.2, 0.25) is 0 Å². The Hall–Kier alpha value is -1.88. The summed E-state index contributed by atoms with van der Waals surface area (Å²) in [7, 11) is 2.14. The Morgan fingerprint density at radius 1 is 1.40 bits per heavy atom. The number of carboxylic acids is 1. The zero-order valence-corrected chi connectivity index (χ0v) is 11.6. The van der Waals surface area contributed by atoms with E-state index in [2.05, 4.69) is 16.9 Å². The summed E-state index contributed by atoms with van der Waals surface area (Å²) in [6, 6.07) is 5.27. The third kappa shape index (κ3) is 2.41. The summed E-state index contributed by atoms with van der Waals surface area (Å²) in [5, 5.41) is 9.32. The highest BCUT2D eigenvalue weighted by molar-refractivity contribution is 6.01. The van der Waals surface area contributed by atoms with Crippen molar-refractivity contribution in [1.82, 2.24) is 14.5 Å². The van der Waals surface area contributed by atoms with Gasteiger partial charge in [0.1, 0.15) is 0 Å². The summed E-state index contributed by atoms with van der Waals surface area (Å²) < 4.78 is 2.01. The highest BCUT2D eigenvalue weighted by Gasteiger charge is 2.19. The molecule has 0 radical (unpaired) electrons. The summed E-state index contributed by atoms with van der Waals surface area (Å²) in [5.74, 6) is -0.286. The number of carbonyl (C=O) groups is 1. The molecule has 1 aliphatic rings. The van der Waals surface area contributed by atoms with Crippen LogP contribution in [0.3, 0.4) is 0 Å². The fourth-order valence-corrected chi connectivity index (χ4v) is 2.96. The number of aromatic carboxylic acids is 1. The molecule has 5 nitrogen and oxygen atoms in total. The van der Waals surface area contributed by atoms with Gasteiger partial charge in [-0.25, -0.2) is 9.78 Å². The topological polar surface area (TPSA) is 58.4 Å². The van der Waals surface area contributed by atoms with Gasteiger partial charge in [-0.15, -0.1) is 0 Å². The first-order valence-electron chi connectivity index (χ1n) is 7.01. The van der Waals surface area contributed by atoms with E-state index in [1.165, 1.54) is 0 Å². The molecule has 0 bridgehead atoms. The Balaban J connectivity index is 1.90. The lowest BCUT2D eigenvalue weighted by Crippen LogP contribution is -2.31. The van der Waals surface area contributed by atoms with Crippen LogP contribution in [0, 0.1) is 5.92 Å². The minimum absolute atomic E-state index is 0.341. The van der Waals surface area contributed by atoms with Gasteiger partial charge in [0, 0.05) is 6.54 Å². The van der Waals surface area contributed by atoms with E-state index in [1.807, 2.05) is 10.6 Å². The minimum atomic E-state index is -0.888. The zero-order chi connectivity index (χ0) is 14.1. The monoisotopic (exact) mass is 273 g/mol. The first kappa shape index (κ1) is 13.1. The van der Waals surface area contributed by atoms with Gasteiger partial charge in [0.15, 0.2) is 0 Å². The molecule has 1 aliphatic heterocycles. The maximum absolute atomic E-state index is 11.4. The number of nitrogens with zero attached hydrogens (tertiary/aromatic N) is 3. The van der Waals surface area contributed by atoms with Crippen LogP contribution in [-0.2, 0) is 6.54 Å². The number of benzene rings is 1. The Kier molecular flexibility index (Phi) is 3.44. The quantitative estimate of drug-likeness (QED) is 0.930. The van der Waals surface area contributed by atoms with E-state index in [0.29, 0.717) is 11.5 Å². The smallest absolute Gasteiger partial charge is 0.337 e. The molecule has 0 spiro atoms. The van der Waals surface area contributed by atoms with Crippen molar-refractivity contribution in [3.63, 3.8) is 0 Å². The molecule has 5 heteroatoms. The summed E-state index contributed by atoms with van der Waals surface area (Å²) >= 11 is 0. The van der Waals surface area contributed by atoms with Crippen LogP contribution < -0.4 is 0 Å². The molecule has 1 fully saturated rings. The molecule has 1 aromatic heterocycles. The number of fused-ring (bicyclic) bond motifs is 1. The lowest BCUT2D eigenvalue weighted by atomic mass is 9.97. The van der Waals surface area contributed by atoms with Gasteiger partial charge < -0.3 is 14.6 Å². The van der Waals surface area contributed by atoms with Crippen LogP contribution in [0.5, 0.6) is 0 Å². The highest BCUT2D eigenvalue weighted by Crippen LogP contribution is 2.23. The third-order valence-corrected chi connectivity index (χ3v) is 4.16. The number of hydrogen-bond acceptors (Lipinski definition) is 3. The van der Waals surface area contributed by atoms with Gasteiger partial charge in [-0.05, 0) is 51.0 Å². The molecule has 0 atom stereocenters. The third-order valence-electron chi connectivity index (χ3n) is 4.16. The number of likely N-dealkylation sites (tertiary alicyclic amines) is 1. The van der Waals surface area contributed by atoms with Gasteiger partial charge >= 0.3 is 5.97 Å². The highest BCUT2D eigenvalue weighted by atomic mass is 16.4. The maximum Gasteiger partial charge on any atom is 0.337 e. The Labute approximate surface area is 117 Å². The normalized spacial score (nSPS) is 17.6. The molecule has 1 aromatic carbocycles. The van der Waals surface area contributed by atoms with Crippen molar-refractivity contribution < 1.29 is 9.90 Å². The van der Waals surface area contributed by atoms with Crippen LogP contribution in [0.1, 0.15) is 23.2 Å². The molecule has 2 heterocycles. The average Bonchev–Trinajstić information content (AvgIpc) is 2.84. The summed E-state index contributed by atoms with van der Waals surface area (Å²) in [4.78, 5) is 18.0. The molecular weight excluding hydrogens is 254 g/mol. The minimum Gasteiger partial charge on any atom is -0.478 e. The van der Waals surface area contributed by atoms with Gasteiger partial charge in [0.2, 0.25) is 0 Å². The average molecular weight is 273 g/mol. The number of carboxylic acid groups (broad SMARTS) is 1. The molecule has 0 unspecified atom stereocenters. The number of piperidine rings is 1. The Morgan fingerprint density at radius 2 is 2.15 bits per heavy atom. The second-order valence-corrected chi connectivity index (χ2v) is 5.62. The fourth-order valence-electron chi connectivity index (χ4n) is 2.96. The van der Waals surface area contributed by atoms with Crippen molar-refractivity contribution in [2.75, 3.05) is 20.1 Å². The fraction of sp³-hybridized carbons (Fsp3) is 0.467. The van der Waals surface area contributed by atoms with Crippen LogP contribution in [-0.4, -0.2) is 45.7 Å². The molecule has 1 N–H and O–H groups in total. The standard InChI is InChI=1S/C15H19N3O2/c1-17-7-5-11(6-8-17)9-18-10-16-13-4-2-3-12(14(13)18)15(19)20/h2-4,10-11H,5-9H2,1H3,(H,19,20). The summed E-state index contributed by atoms with van der Waals surface area (Å²) in [5.41, 5.74) is 1.85. The van der Waals surface area contributed by atoms with E-state index in [-0.39, 0.29) is 0 Å². The maximum atomic E-state index is 11.4. The van der Waals surface area contributed by atoms with Gasteiger partial charge in [0.05, 0.1) is 22.9 Å². The lowest BCUT2D eigenvalue weighted by molar-refractivity contribution is 0.0698. The van der Waals surface area contributed by atoms with Gasteiger partial charge in [-0.2, -0.15) is 0 Å². The lowest BCUT2D eigenvalue weighted by Gasteiger charge is -2.29. The van der Waals surface area contributed by atoms with Gasteiger partial charge in [-0.1, -0.05) is 6.07 Å². The number of imidazole rings is 1. The van der Waals surface area contributed by atoms with Crippen molar-refractivity contribution >= 4 is 17.0 Å². The van der Waals surface area contributed by atoms with Crippen LogP contribution >= 0.6 is 0 Å². The summed E-state index contributed by atoms with van der Waals surface area (Å²) in [6.45, 7) is 3.08. The van der Waals surface area contributed by atoms with E-state index in [1.54, 1.807) is 18.5 Å². The molecule has 106 valence electrons. The first-order chi connectivity index (χ1) is 9.65. The van der Waals surface area contributed by atoms with Crippen molar-refractivity contribution in [3.8, 4) is 0 Å². The first-order valence-corrected chi connectivity index (χ1v) is 7.01. The van der Waals surface area contributed by atoms with Crippen molar-refractivity contribution in [1.29, 1.82) is 0 Å². The Bertz CT molecular complexity index is 627. The molecule has 20 heavy (non-hydrogen) atoms. The largest absolute Gasteiger partial charge is 0.478 e. The van der Waals surface area contributed by atoms with E-state index < -0.39 is 5.97 Å². The number of rotatable bonds is 3.